The van der Waals surface area contributed by atoms with Gasteiger partial charge in [0.15, 0.2) is 0 Å². The van der Waals surface area contributed by atoms with Crippen molar-refractivity contribution >= 4 is 80.1 Å². The molecule has 0 N–H and O–H groups in total. The van der Waals surface area contributed by atoms with E-state index in [-0.39, 0.29) is 12.5 Å². The van der Waals surface area contributed by atoms with Crippen molar-refractivity contribution in [1.29, 1.82) is 0 Å². The Bertz CT molecular complexity index is 814. The molecule has 3 rings (SSSR count). The SMILES string of the molecule is CCOc1c(I)cc(/C=C2\SC(=O)N(CC(=O)N3CCCCC3)C2=O)cc1I. The number of hydrogen-bond donors (Lipinski definition) is 0. The molecule has 6 nitrogen and oxygen atoms in total. The molecule has 2 saturated heterocycles. The molecule has 2 heterocycles. The van der Waals surface area contributed by atoms with Crippen LogP contribution in [0.1, 0.15) is 31.7 Å². The molecule has 150 valence electrons. The van der Waals surface area contributed by atoms with Gasteiger partial charge in [-0.3, -0.25) is 19.3 Å². The molecular formula is C19H20I2N2O4S. The van der Waals surface area contributed by atoms with Gasteiger partial charge < -0.3 is 9.64 Å². The summed E-state index contributed by atoms with van der Waals surface area (Å²) in [7, 11) is 0. The minimum atomic E-state index is -0.403. The van der Waals surface area contributed by atoms with Crippen molar-refractivity contribution in [3.63, 3.8) is 0 Å². The van der Waals surface area contributed by atoms with Crippen LogP contribution in [-0.2, 0) is 9.59 Å². The van der Waals surface area contributed by atoms with Crippen LogP contribution in [0.3, 0.4) is 0 Å². The van der Waals surface area contributed by atoms with E-state index in [4.69, 9.17) is 4.74 Å². The predicted molar refractivity (Wildman–Crippen MR) is 126 cm³/mol. The Kier molecular flexibility index (Phi) is 7.65. The minimum Gasteiger partial charge on any atom is -0.492 e. The van der Waals surface area contributed by atoms with E-state index in [9.17, 15) is 14.4 Å². The number of piperidine rings is 1. The molecule has 3 amide bonds. The van der Waals surface area contributed by atoms with E-state index < -0.39 is 11.1 Å². The van der Waals surface area contributed by atoms with Gasteiger partial charge in [-0.1, -0.05) is 0 Å². The largest absolute Gasteiger partial charge is 0.492 e. The van der Waals surface area contributed by atoms with Crippen LogP contribution in [0.25, 0.3) is 6.08 Å². The van der Waals surface area contributed by atoms with Crippen LogP contribution in [-0.4, -0.2) is 53.1 Å². The van der Waals surface area contributed by atoms with Crippen molar-refractivity contribution in [2.75, 3.05) is 26.2 Å². The zero-order chi connectivity index (χ0) is 20.3. The monoisotopic (exact) mass is 626 g/mol. The summed E-state index contributed by atoms with van der Waals surface area (Å²) in [5, 5.41) is -0.392. The molecule has 0 saturated carbocycles. The number of likely N-dealkylation sites (tertiary alicyclic amines) is 1. The van der Waals surface area contributed by atoms with E-state index in [2.05, 4.69) is 45.2 Å². The van der Waals surface area contributed by atoms with Crippen molar-refractivity contribution < 1.29 is 19.1 Å². The Hall–Kier alpha value is -0.820. The third-order valence-electron chi connectivity index (χ3n) is 4.48. The highest BCUT2D eigenvalue weighted by molar-refractivity contribution is 14.1. The topological polar surface area (TPSA) is 66.9 Å². The Morgan fingerprint density at radius 3 is 2.43 bits per heavy atom. The quantitative estimate of drug-likeness (QED) is 0.360. The maximum Gasteiger partial charge on any atom is 0.294 e. The number of imide groups is 1. The highest BCUT2D eigenvalue weighted by atomic mass is 127. The lowest BCUT2D eigenvalue weighted by atomic mass is 10.1. The van der Waals surface area contributed by atoms with E-state index in [0.29, 0.717) is 24.6 Å². The molecule has 0 unspecified atom stereocenters. The second-order valence-corrected chi connectivity index (χ2v) is 9.77. The summed E-state index contributed by atoms with van der Waals surface area (Å²) in [6, 6.07) is 3.83. The summed E-state index contributed by atoms with van der Waals surface area (Å²) >= 11 is 5.28. The fourth-order valence-electron chi connectivity index (χ4n) is 3.11. The summed E-state index contributed by atoms with van der Waals surface area (Å²) in [6.07, 6.45) is 4.77. The smallest absolute Gasteiger partial charge is 0.294 e. The zero-order valence-corrected chi connectivity index (χ0v) is 20.5. The summed E-state index contributed by atoms with van der Waals surface area (Å²) in [6.45, 7) is 3.73. The Balaban J connectivity index is 1.74. The highest BCUT2D eigenvalue weighted by Gasteiger charge is 2.37. The van der Waals surface area contributed by atoms with Gasteiger partial charge in [0, 0.05) is 13.1 Å². The average molecular weight is 626 g/mol. The fourth-order valence-corrected chi connectivity index (χ4v) is 6.08. The number of hydrogen-bond acceptors (Lipinski definition) is 5. The van der Waals surface area contributed by atoms with Crippen LogP contribution >= 0.6 is 56.9 Å². The van der Waals surface area contributed by atoms with E-state index >= 15 is 0 Å². The summed E-state index contributed by atoms with van der Waals surface area (Å²) in [4.78, 5) is 40.6. The van der Waals surface area contributed by atoms with E-state index in [1.54, 1.807) is 11.0 Å². The summed E-state index contributed by atoms with van der Waals surface area (Å²) in [5.41, 5.74) is 0.824. The number of ether oxygens (including phenoxy) is 1. The van der Waals surface area contributed by atoms with Crippen LogP contribution in [0.2, 0.25) is 0 Å². The molecule has 28 heavy (non-hydrogen) atoms. The van der Waals surface area contributed by atoms with Gasteiger partial charge in [-0.15, -0.1) is 0 Å². The Morgan fingerprint density at radius 1 is 1.18 bits per heavy atom. The normalized spacial score (nSPS) is 18.9. The molecule has 0 atom stereocenters. The van der Waals surface area contributed by atoms with Crippen LogP contribution < -0.4 is 4.74 Å². The molecule has 0 aromatic heterocycles. The number of carbonyl (C=O) groups excluding carboxylic acids is 3. The highest BCUT2D eigenvalue weighted by Crippen LogP contribution is 2.34. The van der Waals surface area contributed by atoms with Gasteiger partial charge in [0.25, 0.3) is 11.1 Å². The van der Waals surface area contributed by atoms with Gasteiger partial charge >= 0.3 is 0 Å². The molecular weight excluding hydrogens is 606 g/mol. The lowest BCUT2D eigenvalue weighted by Gasteiger charge is -2.27. The van der Waals surface area contributed by atoms with Crippen LogP contribution in [0, 0.1) is 7.14 Å². The third kappa shape index (κ3) is 5.02. The van der Waals surface area contributed by atoms with Gasteiger partial charge in [0.05, 0.1) is 18.7 Å². The Labute approximate surface area is 195 Å². The molecule has 0 aliphatic carbocycles. The lowest BCUT2D eigenvalue weighted by molar-refractivity contribution is -0.136. The van der Waals surface area contributed by atoms with Crippen molar-refractivity contribution in [1.82, 2.24) is 9.80 Å². The number of thioether (sulfide) groups is 1. The average Bonchev–Trinajstić information content (AvgIpc) is 2.93. The maximum atomic E-state index is 12.7. The number of amides is 3. The first-order chi connectivity index (χ1) is 13.4. The third-order valence-corrected chi connectivity index (χ3v) is 6.99. The number of rotatable bonds is 5. The lowest BCUT2D eigenvalue weighted by Crippen LogP contribution is -2.44. The molecule has 2 fully saturated rings. The van der Waals surface area contributed by atoms with E-state index in [1.165, 1.54) is 0 Å². The van der Waals surface area contributed by atoms with Gasteiger partial charge in [0.2, 0.25) is 5.91 Å². The first kappa shape index (κ1) is 21.9. The fraction of sp³-hybridized carbons (Fsp3) is 0.421. The van der Waals surface area contributed by atoms with Gasteiger partial charge in [-0.2, -0.15) is 0 Å². The van der Waals surface area contributed by atoms with Gasteiger partial charge in [0.1, 0.15) is 12.3 Å². The first-order valence-corrected chi connectivity index (χ1v) is 12.0. The first-order valence-electron chi connectivity index (χ1n) is 9.05. The molecule has 0 bridgehead atoms. The molecule has 2 aliphatic heterocycles. The predicted octanol–water partition coefficient (Wildman–Crippen LogP) is 4.34. The van der Waals surface area contributed by atoms with Crippen LogP contribution in [0.4, 0.5) is 4.79 Å². The number of benzene rings is 1. The number of carbonyl (C=O) groups is 3. The molecule has 1 aromatic carbocycles. The summed E-state index contributed by atoms with van der Waals surface area (Å²) in [5.74, 6) is 0.258. The zero-order valence-electron chi connectivity index (χ0n) is 15.4. The number of nitrogens with zero attached hydrogens (tertiary/aromatic N) is 2. The molecule has 0 spiro atoms. The van der Waals surface area contributed by atoms with Crippen LogP contribution in [0.15, 0.2) is 17.0 Å². The maximum absolute atomic E-state index is 12.7. The molecule has 0 radical (unpaired) electrons. The Morgan fingerprint density at radius 2 is 1.82 bits per heavy atom. The second kappa shape index (κ2) is 9.79. The van der Waals surface area contributed by atoms with Crippen molar-refractivity contribution in [3.05, 3.63) is 29.7 Å². The summed E-state index contributed by atoms with van der Waals surface area (Å²) < 4.78 is 7.52. The second-order valence-electron chi connectivity index (χ2n) is 6.46. The molecule has 9 heteroatoms. The number of halogens is 2. The van der Waals surface area contributed by atoms with Gasteiger partial charge in [-0.25, -0.2) is 0 Å². The van der Waals surface area contributed by atoms with Crippen molar-refractivity contribution in [2.24, 2.45) is 0 Å². The minimum absolute atomic E-state index is 0.159. The standard InChI is InChI=1S/C19H20I2N2O4S/c1-2-27-17-13(20)8-12(9-14(17)21)10-15-18(25)23(19(26)28-15)11-16(24)22-6-4-3-5-7-22/h8-10H,2-7,11H2,1H3/b15-10-. The molecule has 1 aromatic rings. The molecule has 2 aliphatic rings. The van der Waals surface area contributed by atoms with Crippen molar-refractivity contribution in [2.45, 2.75) is 26.2 Å². The van der Waals surface area contributed by atoms with Crippen molar-refractivity contribution in [3.8, 4) is 5.75 Å². The van der Waals surface area contributed by atoms with Crippen LogP contribution in [0.5, 0.6) is 5.75 Å². The van der Waals surface area contributed by atoms with Gasteiger partial charge in [-0.05, 0) is 107 Å². The van der Waals surface area contributed by atoms with E-state index in [1.807, 2.05) is 19.1 Å². The van der Waals surface area contributed by atoms with E-state index in [0.717, 1.165) is 54.4 Å².